The van der Waals surface area contributed by atoms with E-state index in [0.29, 0.717) is 23.0 Å². The lowest BCUT2D eigenvalue weighted by molar-refractivity contribution is -0.137. The molecule has 2 aromatic carbocycles. The van der Waals surface area contributed by atoms with E-state index in [1.54, 1.807) is 23.8 Å². The summed E-state index contributed by atoms with van der Waals surface area (Å²) >= 11 is 5.74. The number of pyridine rings is 1. The molecule has 2 aromatic heterocycles. The van der Waals surface area contributed by atoms with Crippen molar-refractivity contribution in [1.82, 2.24) is 19.8 Å². The van der Waals surface area contributed by atoms with Crippen LogP contribution in [0.3, 0.4) is 0 Å². The fourth-order valence-corrected chi connectivity index (χ4v) is 5.83. The predicted molar refractivity (Wildman–Crippen MR) is 157 cm³/mol. The summed E-state index contributed by atoms with van der Waals surface area (Å²) in [5.41, 5.74) is 3.92. The van der Waals surface area contributed by atoms with E-state index in [1.807, 2.05) is 67.3 Å². The summed E-state index contributed by atoms with van der Waals surface area (Å²) in [5, 5.41) is 6.77. The molecule has 3 heterocycles. The molecule has 212 valence electrons. The van der Waals surface area contributed by atoms with E-state index in [2.05, 4.69) is 15.6 Å². The first-order valence-electron chi connectivity index (χ1n) is 13.2. The maximum Gasteiger partial charge on any atom is 0.418 e. The van der Waals surface area contributed by atoms with E-state index in [1.165, 1.54) is 12.1 Å². The second-order valence-electron chi connectivity index (χ2n) is 10.1. The lowest BCUT2D eigenvalue weighted by atomic mass is 9.96. The number of alkyl halides is 3. The fourth-order valence-electron chi connectivity index (χ4n) is 5.50. The predicted octanol–water partition coefficient (Wildman–Crippen LogP) is 6.82. The third-order valence-electron chi connectivity index (χ3n) is 7.44. The zero-order valence-corrected chi connectivity index (χ0v) is 23.7. The lowest BCUT2D eigenvalue weighted by Crippen LogP contribution is -2.33. The average Bonchev–Trinajstić information content (AvgIpc) is 3.42. The van der Waals surface area contributed by atoms with Crippen molar-refractivity contribution in [3.8, 4) is 5.69 Å². The van der Waals surface area contributed by atoms with Gasteiger partial charge in [-0.15, -0.1) is 0 Å². The Morgan fingerprint density at radius 2 is 1.73 bits per heavy atom. The second-order valence-corrected chi connectivity index (χ2v) is 10.5. The summed E-state index contributed by atoms with van der Waals surface area (Å²) in [6.45, 7) is 5.84. The first-order chi connectivity index (χ1) is 19.6. The van der Waals surface area contributed by atoms with Gasteiger partial charge in [0, 0.05) is 36.2 Å². The maximum atomic E-state index is 14.0. The molecule has 2 atom stereocenters. The van der Waals surface area contributed by atoms with Gasteiger partial charge in [0.2, 0.25) is 5.91 Å². The molecule has 2 N–H and O–H groups in total. The number of hydrogen-bond donors (Lipinski definition) is 2. The molecule has 1 aliphatic rings. The van der Waals surface area contributed by atoms with E-state index in [4.69, 9.17) is 12.2 Å². The third kappa shape index (κ3) is 5.69. The van der Waals surface area contributed by atoms with Gasteiger partial charge in [0.15, 0.2) is 5.11 Å². The van der Waals surface area contributed by atoms with Gasteiger partial charge in [-0.2, -0.15) is 13.2 Å². The Bertz CT molecular complexity index is 1580. The van der Waals surface area contributed by atoms with E-state index in [9.17, 15) is 18.0 Å². The van der Waals surface area contributed by atoms with Crippen molar-refractivity contribution in [2.24, 2.45) is 0 Å². The number of para-hydroxylation sites is 2. The molecule has 6 nitrogen and oxygen atoms in total. The number of aryl methyl sites for hydroxylation is 2. The van der Waals surface area contributed by atoms with Crippen molar-refractivity contribution < 1.29 is 18.0 Å². The molecule has 0 radical (unpaired) electrons. The number of rotatable bonds is 7. The van der Waals surface area contributed by atoms with E-state index < -0.39 is 17.8 Å². The summed E-state index contributed by atoms with van der Waals surface area (Å²) < 4.78 is 43.5. The molecule has 0 unspecified atom stereocenters. The van der Waals surface area contributed by atoms with Crippen molar-refractivity contribution in [2.45, 2.75) is 45.5 Å². The van der Waals surface area contributed by atoms with Crippen LogP contribution in [0.4, 0.5) is 18.9 Å². The molecule has 4 aromatic rings. The van der Waals surface area contributed by atoms with E-state index >= 15 is 0 Å². The smallest absolute Gasteiger partial charge is 0.352 e. The highest BCUT2D eigenvalue weighted by molar-refractivity contribution is 7.80. The third-order valence-corrected chi connectivity index (χ3v) is 7.79. The number of benzene rings is 2. The van der Waals surface area contributed by atoms with Crippen molar-refractivity contribution in [2.75, 3.05) is 11.9 Å². The maximum absolute atomic E-state index is 14.0. The zero-order valence-electron chi connectivity index (χ0n) is 22.9. The minimum absolute atomic E-state index is 0.0633. The Balaban J connectivity index is 1.52. The molecular formula is C31H30F3N5OS. The first-order valence-corrected chi connectivity index (χ1v) is 13.7. The Hall–Kier alpha value is -4.18. The normalized spacial score (nSPS) is 17.0. The number of nitrogens with one attached hydrogen (secondary N) is 2. The number of nitrogens with zero attached hydrogens (tertiary/aromatic N) is 3. The highest BCUT2D eigenvalue weighted by Gasteiger charge is 2.42. The first kappa shape index (κ1) is 28.4. The second kappa shape index (κ2) is 11.4. The molecule has 1 saturated heterocycles. The van der Waals surface area contributed by atoms with Crippen molar-refractivity contribution in [3.05, 3.63) is 113 Å². The van der Waals surface area contributed by atoms with Crippen molar-refractivity contribution in [3.63, 3.8) is 0 Å². The van der Waals surface area contributed by atoms with E-state index in [-0.39, 0.29) is 24.1 Å². The van der Waals surface area contributed by atoms with Crippen LogP contribution in [-0.2, 0) is 11.0 Å². The number of hydrogen-bond acceptors (Lipinski definition) is 3. The van der Waals surface area contributed by atoms with Gasteiger partial charge in [0.1, 0.15) is 0 Å². The number of aromatic nitrogens is 2. The molecule has 10 heteroatoms. The highest BCUT2D eigenvalue weighted by Crippen LogP contribution is 2.42. The molecule has 1 fully saturated rings. The number of halogens is 3. The number of carbonyl (C=O) groups is 1. The number of thiocarbonyl (C=S) groups is 1. The van der Waals surface area contributed by atoms with Crippen LogP contribution in [0.25, 0.3) is 5.69 Å². The highest BCUT2D eigenvalue weighted by atomic mass is 32.1. The van der Waals surface area contributed by atoms with Gasteiger partial charge in [-0.05, 0) is 80.5 Å². The monoisotopic (exact) mass is 577 g/mol. The minimum Gasteiger partial charge on any atom is -0.352 e. The van der Waals surface area contributed by atoms with Crippen LogP contribution >= 0.6 is 12.2 Å². The topological polar surface area (TPSA) is 62.2 Å². The molecule has 0 aliphatic carbocycles. The zero-order chi connectivity index (χ0) is 29.3. The molecule has 0 bridgehead atoms. The van der Waals surface area contributed by atoms with E-state index in [0.717, 1.165) is 28.6 Å². The standard InChI is InChI=1S/C31H30F3N5OS/c1-19-10-4-6-12-24(19)36-27(40)15-17-38-29(28(37-30(38)41)25-13-8-9-16-35-25)22-18-20(2)39(21(22)3)26-14-7-5-11-23(26)31(32,33)34/h4-14,16,18,28-29H,15,17H2,1-3H3,(H,36,40)(H,37,41)/t28-,29+/m0/s1. The molecule has 0 spiro atoms. The summed E-state index contributed by atoms with van der Waals surface area (Å²) in [6, 6.07) is 19.8. The molecular weight excluding hydrogens is 547 g/mol. The average molecular weight is 578 g/mol. The largest absolute Gasteiger partial charge is 0.418 e. The summed E-state index contributed by atoms with van der Waals surface area (Å²) in [5.74, 6) is -0.160. The molecule has 1 amide bonds. The fraction of sp³-hybridized carbons (Fsp3) is 0.258. The van der Waals surface area contributed by atoms with Gasteiger partial charge >= 0.3 is 6.18 Å². The van der Waals surface area contributed by atoms with Crippen molar-refractivity contribution in [1.29, 1.82) is 0 Å². The Morgan fingerprint density at radius 1 is 1.02 bits per heavy atom. The summed E-state index contributed by atoms with van der Waals surface area (Å²) in [6.07, 6.45) is -2.65. The van der Waals surface area contributed by atoms with Gasteiger partial charge in [0.25, 0.3) is 0 Å². The van der Waals surface area contributed by atoms with Crippen LogP contribution in [0.1, 0.15) is 52.3 Å². The molecule has 1 aliphatic heterocycles. The van der Waals surface area contributed by atoms with Crippen LogP contribution in [0.2, 0.25) is 0 Å². The van der Waals surface area contributed by atoms with Crippen LogP contribution in [-0.4, -0.2) is 32.0 Å². The molecule has 5 rings (SSSR count). The van der Waals surface area contributed by atoms with Crippen LogP contribution in [0.5, 0.6) is 0 Å². The SMILES string of the molecule is Cc1ccccc1NC(=O)CCN1C(=S)N[C@@H](c2ccccn2)[C@H]1c1cc(C)n(-c2ccccc2C(F)(F)F)c1C. The summed E-state index contributed by atoms with van der Waals surface area (Å²) in [4.78, 5) is 19.4. The van der Waals surface area contributed by atoms with Crippen LogP contribution in [0.15, 0.2) is 79.0 Å². The van der Waals surface area contributed by atoms with Crippen LogP contribution < -0.4 is 10.6 Å². The van der Waals surface area contributed by atoms with Crippen LogP contribution in [0, 0.1) is 20.8 Å². The summed E-state index contributed by atoms with van der Waals surface area (Å²) in [7, 11) is 0. The number of amides is 1. The quantitative estimate of drug-likeness (QED) is 0.236. The Kier molecular flexibility index (Phi) is 7.86. The van der Waals surface area contributed by atoms with Gasteiger partial charge in [0.05, 0.1) is 29.0 Å². The minimum atomic E-state index is -4.51. The van der Waals surface area contributed by atoms with Gasteiger partial charge < -0.3 is 20.1 Å². The lowest BCUT2D eigenvalue weighted by Gasteiger charge is -2.28. The van der Waals surface area contributed by atoms with Gasteiger partial charge in [-0.25, -0.2) is 0 Å². The molecule has 0 saturated carbocycles. The Morgan fingerprint density at radius 3 is 2.44 bits per heavy atom. The number of carbonyl (C=O) groups excluding carboxylic acids is 1. The Labute approximate surface area is 242 Å². The molecule has 41 heavy (non-hydrogen) atoms. The number of anilines is 1. The van der Waals surface area contributed by atoms with Crippen molar-refractivity contribution >= 4 is 28.9 Å². The van der Waals surface area contributed by atoms with Gasteiger partial charge in [-0.3, -0.25) is 9.78 Å². The van der Waals surface area contributed by atoms with Gasteiger partial charge in [-0.1, -0.05) is 36.4 Å².